The number of aliphatic carboxylic acids is 1. The number of carboxylic acids is 1. The van der Waals surface area contributed by atoms with Gasteiger partial charge in [0, 0.05) is 12.8 Å². The molecule has 0 aromatic rings. The largest absolute Gasteiger partial charge is 0.481 e. The second-order valence-electron chi connectivity index (χ2n) is 11.7. The van der Waals surface area contributed by atoms with Gasteiger partial charge in [-0.1, -0.05) is 149 Å². The molecule has 1 atom stereocenters. The van der Waals surface area contributed by atoms with E-state index in [1.807, 2.05) is 0 Å². The van der Waals surface area contributed by atoms with Gasteiger partial charge in [-0.25, -0.2) is 0 Å². The fraction of sp³-hybridized carbons (Fsp3) is 0.941. The molecule has 0 bridgehead atoms. The summed E-state index contributed by atoms with van der Waals surface area (Å²) in [4.78, 5) is 23.0. The van der Waals surface area contributed by atoms with Gasteiger partial charge in [0.25, 0.3) is 0 Å². The van der Waals surface area contributed by atoms with Crippen LogP contribution in [-0.4, -0.2) is 23.1 Å². The average Bonchev–Trinajstić information content (AvgIpc) is 2.90. The molecule has 0 spiro atoms. The average molecular weight is 539 g/mol. The van der Waals surface area contributed by atoms with Crippen LogP contribution >= 0.6 is 0 Å². The van der Waals surface area contributed by atoms with Crippen LogP contribution in [0.1, 0.15) is 200 Å². The molecule has 4 heteroatoms. The summed E-state index contributed by atoms with van der Waals surface area (Å²) in [7, 11) is 0. The molecule has 0 rings (SSSR count). The summed E-state index contributed by atoms with van der Waals surface area (Å²) in [6.07, 6.45) is 34.4. The minimum Gasteiger partial charge on any atom is -0.481 e. The van der Waals surface area contributed by atoms with Gasteiger partial charge in [-0.05, 0) is 38.5 Å². The molecule has 1 unspecified atom stereocenters. The van der Waals surface area contributed by atoms with Crippen molar-refractivity contribution in [2.24, 2.45) is 0 Å². The fourth-order valence-corrected chi connectivity index (χ4v) is 5.30. The minimum atomic E-state index is -0.792. The number of unbranched alkanes of at least 4 members (excludes halogenated alkanes) is 22. The van der Waals surface area contributed by atoms with E-state index in [4.69, 9.17) is 9.84 Å². The van der Waals surface area contributed by atoms with Crippen molar-refractivity contribution in [1.82, 2.24) is 0 Å². The molecular weight excluding hydrogens is 472 g/mol. The Kier molecular flexibility index (Phi) is 29.6. The number of esters is 1. The highest BCUT2D eigenvalue weighted by molar-refractivity contribution is 5.70. The van der Waals surface area contributed by atoms with E-state index in [-0.39, 0.29) is 18.5 Å². The summed E-state index contributed by atoms with van der Waals surface area (Å²) in [6.45, 7) is 4.54. The quantitative estimate of drug-likeness (QED) is 0.0704. The molecule has 0 saturated carbocycles. The number of hydrogen-bond donors (Lipinski definition) is 1. The minimum absolute atomic E-state index is 0.0454. The smallest absolute Gasteiger partial charge is 0.306 e. The maximum Gasteiger partial charge on any atom is 0.306 e. The van der Waals surface area contributed by atoms with Gasteiger partial charge in [0.15, 0.2) is 0 Å². The standard InChI is InChI=1S/C34H66O4/c1-3-5-7-9-11-13-14-15-16-17-18-19-21-23-25-29-32(28-24-22-20-12-10-8-6-4-2)38-34(37)31-27-26-30-33(35)36/h32H,3-31H2,1-2H3,(H,35,36). The lowest BCUT2D eigenvalue weighted by molar-refractivity contribution is -0.150. The van der Waals surface area contributed by atoms with Crippen molar-refractivity contribution in [3.05, 3.63) is 0 Å². The molecular formula is C34H66O4. The van der Waals surface area contributed by atoms with Crippen molar-refractivity contribution >= 4 is 11.9 Å². The summed E-state index contributed by atoms with van der Waals surface area (Å²) in [6, 6.07) is 0. The lowest BCUT2D eigenvalue weighted by atomic mass is 10.0. The number of hydrogen-bond acceptors (Lipinski definition) is 3. The third-order valence-electron chi connectivity index (χ3n) is 7.83. The van der Waals surface area contributed by atoms with Crippen LogP contribution in [0.4, 0.5) is 0 Å². The zero-order valence-corrected chi connectivity index (χ0v) is 25.8. The molecule has 0 aliphatic carbocycles. The molecule has 0 aliphatic heterocycles. The number of rotatable bonds is 31. The first-order chi connectivity index (χ1) is 18.6. The van der Waals surface area contributed by atoms with Crippen LogP contribution in [0.2, 0.25) is 0 Å². The van der Waals surface area contributed by atoms with E-state index in [0.717, 1.165) is 25.7 Å². The van der Waals surface area contributed by atoms with E-state index in [1.165, 1.54) is 135 Å². The van der Waals surface area contributed by atoms with Crippen LogP contribution in [-0.2, 0) is 14.3 Å². The molecule has 1 N–H and O–H groups in total. The second-order valence-corrected chi connectivity index (χ2v) is 11.7. The van der Waals surface area contributed by atoms with Crippen molar-refractivity contribution < 1.29 is 19.4 Å². The Hall–Kier alpha value is -1.06. The molecule has 4 nitrogen and oxygen atoms in total. The molecule has 0 radical (unpaired) electrons. The normalized spacial score (nSPS) is 12.1. The first-order valence-electron chi connectivity index (χ1n) is 17.0. The first-order valence-corrected chi connectivity index (χ1v) is 17.0. The Morgan fingerprint density at radius 1 is 0.474 bits per heavy atom. The van der Waals surface area contributed by atoms with Gasteiger partial charge < -0.3 is 9.84 Å². The number of carboxylic acid groups (broad SMARTS) is 1. The lowest BCUT2D eigenvalue weighted by Gasteiger charge is -2.18. The molecule has 0 aromatic heterocycles. The summed E-state index contributed by atoms with van der Waals surface area (Å²) >= 11 is 0. The topological polar surface area (TPSA) is 63.6 Å². The van der Waals surface area contributed by atoms with E-state index in [2.05, 4.69) is 13.8 Å². The monoisotopic (exact) mass is 538 g/mol. The molecule has 226 valence electrons. The number of ether oxygens (including phenoxy) is 1. The van der Waals surface area contributed by atoms with Crippen LogP contribution in [0.15, 0.2) is 0 Å². The summed E-state index contributed by atoms with van der Waals surface area (Å²) in [5.74, 6) is -0.931. The molecule has 0 heterocycles. The second kappa shape index (κ2) is 30.5. The van der Waals surface area contributed by atoms with Crippen molar-refractivity contribution in [2.75, 3.05) is 0 Å². The third kappa shape index (κ3) is 29.5. The van der Waals surface area contributed by atoms with E-state index in [1.54, 1.807) is 0 Å². The SMILES string of the molecule is CCCCCCCCCCCCCCCCCC(CCCCCCCCCC)OC(=O)CCCCC(=O)O. The molecule has 0 saturated heterocycles. The predicted molar refractivity (Wildman–Crippen MR) is 163 cm³/mol. The Morgan fingerprint density at radius 3 is 1.13 bits per heavy atom. The summed E-state index contributed by atoms with van der Waals surface area (Å²) in [5, 5.41) is 8.77. The first kappa shape index (κ1) is 36.9. The van der Waals surface area contributed by atoms with Crippen molar-refractivity contribution in [1.29, 1.82) is 0 Å². The van der Waals surface area contributed by atoms with Crippen LogP contribution in [0.25, 0.3) is 0 Å². The Labute approximate surface area is 237 Å². The zero-order valence-electron chi connectivity index (χ0n) is 25.8. The fourth-order valence-electron chi connectivity index (χ4n) is 5.30. The lowest BCUT2D eigenvalue weighted by Crippen LogP contribution is -2.18. The highest BCUT2D eigenvalue weighted by Crippen LogP contribution is 2.19. The summed E-state index contributed by atoms with van der Waals surface area (Å²) < 4.78 is 5.85. The van der Waals surface area contributed by atoms with Gasteiger partial charge in [0.05, 0.1) is 0 Å². The third-order valence-corrected chi connectivity index (χ3v) is 7.83. The Morgan fingerprint density at radius 2 is 0.789 bits per heavy atom. The van der Waals surface area contributed by atoms with Crippen molar-refractivity contribution in [2.45, 2.75) is 206 Å². The van der Waals surface area contributed by atoms with Gasteiger partial charge >= 0.3 is 11.9 Å². The Balaban J connectivity index is 3.91. The highest BCUT2D eigenvalue weighted by atomic mass is 16.5. The van der Waals surface area contributed by atoms with Gasteiger partial charge in [-0.2, -0.15) is 0 Å². The molecule has 0 aliphatic rings. The highest BCUT2D eigenvalue weighted by Gasteiger charge is 2.14. The van der Waals surface area contributed by atoms with Crippen molar-refractivity contribution in [3.8, 4) is 0 Å². The van der Waals surface area contributed by atoms with Gasteiger partial charge in [0.1, 0.15) is 6.10 Å². The number of carbonyl (C=O) groups is 2. The van der Waals surface area contributed by atoms with Gasteiger partial charge in [-0.3, -0.25) is 9.59 Å². The summed E-state index contributed by atoms with van der Waals surface area (Å²) in [5.41, 5.74) is 0. The molecule has 38 heavy (non-hydrogen) atoms. The zero-order chi connectivity index (χ0) is 27.9. The van der Waals surface area contributed by atoms with Gasteiger partial charge in [0.2, 0.25) is 0 Å². The van der Waals surface area contributed by atoms with E-state index in [0.29, 0.717) is 19.3 Å². The molecule has 0 aromatic carbocycles. The predicted octanol–water partition coefficient (Wildman–Crippen LogP) is 11.3. The van der Waals surface area contributed by atoms with E-state index in [9.17, 15) is 9.59 Å². The maximum absolute atomic E-state index is 12.3. The maximum atomic E-state index is 12.3. The molecule has 0 fully saturated rings. The van der Waals surface area contributed by atoms with Gasteiger partial charge in [-0.15, -0.1) is 0 Å². The van der Waals surface area contributed by atoms with Crippen LogP contribution in [0, 0.1) is 0 Å². The molecule has 0 amide bonds. The van der Waals surface area contributed by atoms with Crippen molar-refractivity contribution in [3.63, 3.8) is 0 Å². The van der Waals surface area contributed by atoms with Crippen LogP contribution < -0.4 is 0 Å². The number of carbonyl (C=O) groups excluding carboxylic acids is 1. The Bertz CT molecular complexity index is 505. The van der Waals surface area contributed by atoms with E-state index >= 15 is 0 Å². The van der Waals surface area contributed by atoms with E-state index < -0.39 is 5.97 Å². The van der Waals surface area contributed by atoms with Crippen LogP contribution in [0.5, 0.6) is 0 Å². The van der Waals surface area contributed by atoms with Crippen LogP contribution in [0.3, 0.4) is 0 Å².